The van der Waals surface area contributed by atoms with E-state index in [-0.39, 0.29) is 12.7 Å². The van der Waals surface area contributed by atoms with Gasteiger partial charge in [0, 0.05) is 36.2 Å². The maximum atomic E-state index is 14.8. The zero-order chi connectivity index (χ0) is 29.2. The molecule has 2 aromatic rings. The molecular formula is C32H43FN2O4. The summed E-state index contributed by atoms with van der Waals surface area (Å²) in [5.74, 6) is 2.08. The molecule has 39 heavy (non-hydrogen) atoms. The number of alkyl halides is 1. The van der Waals surface area contributed by atoms with Crippen LogP contribution in [0.25, 0.3) is 5.70 Å². The van der Waals surface area contributed by atoms with Gasteiger partial charge in [-0.1, -0.05) is 63.4 Å². The fourth-order valence-electron chi connectivity index (χ4n) is 3.29. The van der Waals surface area contributed by atoms with E-state index in [9.17, 15) is 4.39 Å². The van der Waals surface area contributed by atoms with Crippen molar-refractivity contribution in [1.82, 2.24) is 5.32 Å². The molecule has 0 fully saturated rings. The summed E-state index contributed by atoms with van der Waals surface area (Å²) in [6.45, 7) is 17.6. The van der Waals surface area contributed by atoms with E-state index < -0.39 is 6.17 Å². The number of hydrogen-bond acceptors (Lipinski definition) is 5. The van der Waals surface area contributed by atoms with Crippen LogP contribution in [0.3, 0.4) is 0 Å². The summed E-state index contributed by atoms with van der Waals surface area (Å²) in [5, 5.41) is 3.27. The minimum atomic E-state index is -1.27. The van der Waals surface area contributed by atoms with Crippen molar-refractivity contribution in [3.8, 4) is 11.5 Å². The Morgan fingerprint density at radius 2 is 1.74 bits per heavy atom. The van der Waals surface area contributed by atoms with Gasteiger partial charge in [0.05, 0.1) is 13.7 Å². The van der Waals surface area contributed by atoms with E-state index in [0.29, 0.717) is 35.3 Å². The number of aliphatic imine (C=N–C) groups is 1. The Morgan fingerprint density at radius 1 is 1.08 bits per heavy atom. The van der Waals surface area contributed by atoms with Gasteiger partial charge in [0.25, 0.3) is 0 Å². The lowest BCUT2D eigenvalue weighted by molar-refractivity contribution is 0.0917. The van der Waals surface area contributed by atoms with Gasteiger partial charge in [-0.2, -0.15) is 0 Å². The second-order valence-corrected chi connectivity index (χ2v) is 8.25. The Labute approximate surface area is 233 Å². The molecule has 0 aliphatic rings. The van der Waals surface area contributed by atoms with Gasteiger partial charge >= 0.3 is 0 Å². The topological polar surface area (TPSA) is 61.3 Å². The number of allylic oxidation sites excluding steroid dienone is 2. The zero-order valence-electron chi connectivity index (χ0n) is 24.3. The molecule has 2 aromatic carbocycles. The summed E-state index contributed by atoms with van der Waals surface area (Å²) in [5.41, 5.74) is 2.85. The third-order valence-corrected chi connectivity index (χ3v) is 5.32. The van der Waals surface area contributed by atoms with Gasteiger partial charge in [-0.15, -0.1) is 0 Å². The lowest BCUT2D eigenvalue weighted by Gasteiger charge is -2.18. The molecule has 6 nitrogen and oxygen atoms in total. The van der Waals surface area contributed by atoms with Crippen molar-refractivity contribution in [1.29, 1.82) is 0 Å². The van der Waals surface area contributed by atoms with Gasteiger partial charge < -0.3 is 24.3 Å². The maximum Gasteiger partial charge on any atom is 0.159 e. The zero-order valence-corrected chi connectivity index (χ0v) is 24.3. The van der Waals surface area contributed by atoms with Crippen LogP contribution in [0.1, 0.15) is 51.9 Å². The Bertz CT molecular complexity index is 1130. The highest BCUT2D eigenvalue weighted by atomic mass is 19.1. The minimum Gasteiger partial charge on any atom is -0.497 e. The molecule has 0 radical (unpaired) electrons. The summed E-state index contributed by atoms with van der Waals surface area (Å²) in [4.78, 5) is 4.45. The van der Waals surface area contributed by atoms with Crippen LogP contribution in [0.2, 0.25) is 0 Å². The minimum absolute atomic E-state index is 0.133. The highest BCUT2D eigenvalue weighted by molar-refractivity contribution is 5.99. The molecule has 0 spiro atoms. The molecule has 0 aliphatic heterocycles. The molecule has 0 saturated heterocycles. The fraction of sp³-hybridized carbons (Fsp3) is 0.344. The predicted octanol–water partition coefficient (Wildman–Crippen LogP) is 7.81. The Balaban J connectivity index is 0.00000371. The Morgan fingerprint density at radius 3 is 2.33 bits per heavy atom. The van der Waals surface area contributed by atoms with Crippen molar-refractivity contribution >= 4 is 11.5 Å². The van der Waals surface area contributed by atoms with Crippen molar-refractivity contribution in [2.45, 2.75) is 46.9 Å². The molecule has 2 atom stereocenters. The van der Waals surface area contributed by atoms with Crippen LogP contribution in [0.5, 0.6) is 11.5 Å². The lowest BCUT2D eigenvalue weighted by atomic mass is 10.1. The highest BCUT2D eigenvalue weighted by Gasteiger charge is 2.14. The summed E-state index contributed by atoms with van der Waals surface area (Å²) >= 11 is 0. The molecular weight excluding hydrogens is 495 g/mol. The van der Waals surface area contributed by atoms with Crippen LogP contribution in [0, 0.1) is 0 Å². The van der Waals surface area contributed by atoms with Crippen LogP contribution < -0.4 is 14.8 Å². The first-order valence-corrected chi connectivity index (χ1v) is 13.0. The second-order valence-electron chi connectivity index (χ2n) is 8.25. The van der Waals surface area contributed by atoms with Gasteiger partial charge in [0.15, 0.2) is 6.17 Å². The van der Waals surface area contributed by atoms with E-state index in [4.69, 9.17) is 18.9 Å². The van der Waals surface area contributed by atoms with Crippen LogP contribution >= 0.6 is 0 Å². The molecule has 2 unspecified atom stereocenters. The van der Waals surface area contributed by atoms with Gasteiger partial charge in [-0.05, 0) is 44.5 Å². The van der Waals surface area contributed by atoms with Crippen molar-refractivity contribution in [3.05, 3.63) is 102 Å². The molecule has 0 heterocycles. The monoisotopic (exact) mass is 538 g/mol. The third-order valence-electron chi connectivity index (χ3n) is 5.32. The van der Waals surface area contributed by atoms with Gasteiger partial charge in [-0.25, -0.2) is 9.38 Å². The van der Waals surface area contributed by atoms with Crippen LogP contribution in [-0.2, 0) is 9.47 Å². The number of hydrogen-bond donors (Lipinski definition) is 1. The number of methoxy groups -OCH3 is 2. The van der Waals surface area contributed by atoms with E-state index in [1.165, 1.54) is 0 Å². The highest BCUT2D eigenvalue weighted by Crippen LogP contribution is 2.29. The van der Waals surface area contributed by atoms with Crippen LogP contribution in [-0.4, -0.2) is 39.4 Å². The van der Waals surface area contributed by atoms with Crippen molar-refractivity contribution in [2.24, 2.45) is 4.99 Å². The fourth-order valence-corrected chi connectivity index (χ4v) is 3.29. The second kappa shape index (κ2) is 18.4. The lowest BCUT2D eigenvalue weighted by Crippen LogP contribution is -2.20. The number of amidine groups is 1. The first-order chi connectivity index (χ1) is 18.8. The Hall–Kier alpha value is -3.84. The smallest absolute Gasteiger partial charge is 0.159 e. The van der Waals surface area contributed by atoms with E-state index in [1.807, 2.05) is 58.9 Å². The van der Waals surface area contributed by atoms with Crippen molar-refractivity contribution in [2.75, 3.05) is 27.4 Å². The average Bonchev–Trinajstić information content (AvgIpc) is 2.96. The number of benzene rings is 2. The van der Waals surface area contributed by atoms with Crippen LogP contribution in [0.15, 0.2) is 96.4 Å². The Kier molecular flexibility index (Phi) is 15.7. The van der Waals surface area contributed by atoms with Crippen molar-refractivity contribution in [3.63, 3.8) is 0 Å². The number of rotatable bonds is 14. The van der Waals surface area contributed by atoms with E-state index in [1.54, 1.807) is 56.8 Å². The molecule has 1 N–H and O–H groups in total. The molecule has 0 aromatic heterocycles. The summed E-state index contributed by atoms with van der Waals surface area (Å²) in [7, 11) is 3.17. The summed E-state index contributed by atoms with van der Waals surface area (Å²) in [6.07, 6.45) is 3.69. The van der Waals surface area contributed by atoms with Gasteiger partial charge in [0.2, 0.25) is 0 Å². The van der Waals surface area contributed by atoms with Crippen LogP contribution in [0.4, 0.5) is 4.39 Å². The van der Waals surface area contributed by atoms with E-state index >= 15 is 0 Å². The third kappa shape index (κ3) is 11.6. The standard InChI is InChI=1S/C30H37FN2O4.C2H6/c1-8-29(33-30(9-2)32-18-21(3)23(5)35-7)25-15-26(17-27(16-25)37-22(4)19-34-6)36-20-28(31)24-13-11-10-12-14-24;1-2/h8-18,22,28H,2,5,19-20H2,1,3-4,6-7H3,(H,32,33);1-2H3/b21-18+,29-8+;. The molecule has 0 bridgehead atoms. The quantitative estimate of drug-likeness (QED) is 0.115. The molecule has 212 valence electrons. The van der Waals surface area contributed by atoms with Crippen molar-refractivity contribution < 1.29 is 23.3 Å². The molecule has 0 aliphatic carbocycles. The van der Waals surface area contributed by atoms with E-state index in [2.05, 4.69) is 23.5 Å². The van der Waals surface area contributed by atoms with Gasteiger partial charge in [-0.3, -0.25) is 0 Å². The molecule has 0 saturated carbocycles. The number of ether oxygens (including phenoxy) is 4. The number of halogens is 1. The molecule has 2 rings (SSSR count). The normalized spacial score (nSPS) is 13.4. The van der Waals surface area contributed by atoms with Gasteiger partial charge in [0.1, 0.15) is 35.8 Å². The largest absolute Gasteiger partial charge is 0.497 e. The summed E-state index contributed by atoms with van der Waals surface area (Å²) < 4.78 is 37.0. The van der Waals surface area contributed by atoms with E-state index in [0.717, 1.165) is 16.8 Å². The maximum absolute atomic E-state index is 14.8. The first-order valence-electron chi connectivity index (χ1n) is 13.0. The first kappa shape index (κ1) is 33.2. The predicted molar refractivity (Wildman–Crippen MR) is 160 cm³/mol. The summed E-state index contributed by atoms with van der Waals surface area (Å²) in [6, 6.07) is 14.4. The number of nitrogens with zero attached hydrogens (tertiary/aromatic N) is 1. The SMILES string of the molecule is C=CC(=N/C=C(\C)C(=C)OC)N/C(=C/C)c1cc(OCC(F)c2ccccc2)cc(OC(C)COC)c1.CC. The molecule has 7 heteroatoms. The molecule has 0 amide bonds. The average molecular weight is 539 g/mol. The number of nitrogens with one attached hydrogen (secondary N) is 1.